The van der Waals surface area contributed by atoms with Gasteiger partial charge in [-0.05, 0) is 71.1 Å². The van der Waals surface area contributed by atoms with E-state index >= 15 is 0 Å². The number of aryl methyl sites for hydroxylation is 1. The molecule has 0 bridgehead atoms. The molecule has 2 rings (SSSR count). The second-order valence-corrected chi connectivity index (χ2v) is 11.9. The molecule has 0 aromatic heterocycles. The second-order valence-electron chi connectivity index (χ2n) is 11.9. The molecule has 3 atom stereocenters. The van der Waals surface area contributed by atoms with Crippen molar-refractivity contribution in [3.8, 4) is 0 Å². The Morgan fingerprint density at radius 2 is 1.50 bits per heavy atom. The maximum Gasteiger partial charge on any atom is 0.408 e. The zero-order valence-corrected chi connectivity index (χ0v) is 24.4. The molecule has 0 aliphatic carbocycles. The third-order valence-electron chi connectivity index (χ3n) is 6.41. The number of hydrogen-bond acceptors (Lipinski definition) is 4. The molecule has 3 amide bonds. The van der Waals surface area contributed by atoms with Crippen LogP contribution in [0.15, 0.2) is 54.6 Å². The molecule has 0 spiro atoms. The number of amides is 3. The molecule has 2 N–H and O–H groups in total. The van der Waals surface area contributed by atoms with Gasteiger partial charge in [0.2, 0.25) is 11.8 Å². The highest BCUT2D eigenvalue weighted by molar-refractivity contribution is 5.93. The molecule has 38 heavy (non-hydrogen) atoms. The monoisotopic (exact) mass is 523 g/mol. The molecule has 0 saturated carbocycles. The number of alkyl carbamates (subject to hydrolysis) is 1. The zero-order chi connectivity index (χ0) is 28.7. The van der Waals surface area contributed by atoms with E-state index in [-0.39, 0.29) is 17.7 Å². The van der Waals surface area contributed by atoms with E-state index in [1.165, 1.54) is 0 Å². The average molecular weight is 524 g/mol. The molecular formula is C31H45N3O4. The highest BCUT2D eigenvalue weighted by Gasteiger charge is 2.43. The van der Waals surface area contributed by atoms with Gasteiger partial charge < -0.3 is 20.3 Å². The molecule has 0 aliphatic heterocycles. The van der Waals surface area contributed by atoms with Crippen molar-refractivity contribution >= 4 is 17.9 Å². The fourth-order valence-corrected chi connectivity index (χ4v) is 4.29. The van der Waals surface area contributed by atoms with Crippen LogP contribution >= 0.6 is 0 Å². The molecule has 3 unspecified atom stereocenters. The lowest BCUT2D eigenvalue weighted by Gasteiger charge is -2.44. The standard InChI is InChI=1S/C31H45N3O4/c1-10-21(2)25(33-29(37)38-31(7,8)9)28(36)34(30(4,5)6)26(24-19-15-14-16-22(24)3)27(35)32-20-23-17-12-11-13-18-23/h11-19,21,25-26H,10,20H2,1-9H3,(H,32,35)(H,33,37). The van der Waals surface area contributed by atoms with Gasteiger partial charge >= 0.3 is 6.09 Å². The molecule has 0 aliphatic rings. The highest BCUT2D eigenvalue weighted by atomic mass is 16.6. The van der Waals surface area contributed by atoms with Gasteiger partial charge in [0, 0.05) is 12.1 Å². The summed E-state index contributed by atoms with van der Waals surface area (Å²) in [5, 5.41) is 5.85. The van der Waals surface area contributed by atoms with E-state index in [1.807, 2.05) is 96.1 Å². The summed E-state index contributed by atoms with van der Waals surface area (Å²) in [5.41, 5.74) is 1.14. The van der Waals surface area contributed by atoms with E-state index in [2.05, 4.69) is 10.6 Å². The zero-order valence-electron chi connectivity index (χ0n) is 24.4. The van der Waals surface area contributed by atoms with Crippen molar-refractivity contribution in [2.45, 2.75) is 98.5 Å². The SMILES string of the molecule is CCC(C)C(NC(=O)OC(C)(C)C)C(=O)N(C(C(=O)NCc1ccccc1)c1ccccc1C)C(C)(C)C. The van der Waals surface area contributed by atoms with Crippen LogP contribution in [0.1, 0.15) is 84.5 Å². The van der Waals surface area contributed by atoms with Crippen LogP contribution in [0.4, 0.5) is 4.79 Å². The Balaban J connectivity index is 2.55. The molecule has 2 aromatic carbocycles. The first-order chi connectivity index (χ1) is 17.7. The smallest absolute Gasteiger partial charge is 0.408 e. The summed E-state index contributed by atoms with van der Waals surface area (Å²) in [6.45, 7) is 17.2. The van der Waals surface area contributed by atoms with Gasteiger partial charge in [0.05, 0.1) is 0 Å². The Morgan fingerprint density at radius 3 is 2.03 bits per heavy atom. The number of ether oxygens (including phenoxy) is 1. The molecule has 0 fully saturated rings. The van der Waals surface area contributed by atoms with Gasteiger partial charge in [0.1, 0.15) is 17.7 Å². The van der Waals surface area contributed by atoms with Crippen molar-refractivity contribution in [1.82, 2.24) is 15.5 Å². The van der Waals surface area contributed by atoms with Crippen LogP contribution < -0.4 is 10.6 Å². The maximum absolute atomic E-state index is 14.4. The van der Waals surface area contributed by atoms with E-state index in [0.717, 1.165) is 16.7 Å². The van der Waals surface area contributed by atoms with Gasteiger partial charge in [0.15, 0.2) is 0 Å². The lowest BCUT2D eigenvalue weighted by atomic mass is 9.90. The Hall–Kier alpha value is -3.35. The lowest BCUT2D eigenvalue weighted by molar-refractivity contribution is -0.149. The Morgan fingerprint density at radius 1 is 0.921 bits per heavy atom. The molecule has 208 valence electrons. The largest absolute Gasteiger partial charge is 0.444 e. The van der Waals surface area contributed by atoms with Gasteiger partial charge in [-0.25, -0.2) is 4.79 Å². The molecule has 2 aromatic rings. The molecule has 0 saturated heterocycles. The van der Waals surface area contributed by atoms with Crippen LogP contribution in [-0.4, -0.2) is 40.0 Å². The summed E-state index contributed by atoms with van der Waals surface area (Å²) >= 11 is 0. The molecule has 0 radical (unpaired) electrons. The quantitative estimate of drug-likeness (QED) is 0.427. The fourth-order valence-electron chi connectivity index (χ4n) is 4.29. The van der Waals surface area contributed by atoms with Crippen molar-refractivity contribution in [2.24, 2.45) is 5.92 Å². The molecular weight excluding hydrogens is 478 g/mol. The number of rotatable bonds is 9. The lowest BCUT2D eigenvalue weighted by Crippen LogP contribution is -2.60. The second kappa shape index (κ2) is 12.9. The first-order valence-electron chi connectivity index (χ1n) is 13.4. The Bertz CT molecular complexity index is 1090. The number of nitrogens with zero attached hydrogens (tertiary/aromatic N) is 1. The summed E-state index contributed by atoms with van der Waals surface area (Å²) in [7, 11) is 0. The van der Waals surface area contributed by atoms with Crippen LogP contribution in [-0.2, 0) is 20.9 Å². The predicted molar refractivity (Wildman–Crippen MR) is 151 cm³/mol. The van der Waals surface area contributed by atoms with Crippen LogP contribution in [0.3, 0.4) is 0 Å². The topological polar surface area (TPSA) is 87.7 Å². The summed E-state index contributed by atoms with van der Waals surface area (Å²) in [5.74, 6) is -0.808. The average Bonchev–Trinajstić information content (AvgIpc) is 2.83. The van der Waals surface area contributed by atoms with E-state index in [1.54, 1.807) is 25.7 Å². The van der Waals surface area contributed by atoms with Crippen molar-refractivity contribution in [3.05, 3.63) is 71.3 Å². The van der Waals surface area contributed by atoms with Crippen molar-refractivity contribution in [3.63, 3.8) is 0 Å². The molecule has 7 heteroatoms. The highest BCUT2D eigenvalue weighted by Crippen LogP contribution is 2.33. The first-order valence-corrected chi connectivity index (χ1v) is 13.4. The van der Waals surface area contributed by atoms with Gasteiger partial charge in [0.25, 0.3) is 0 Å². The van der Waals surface area contributed by atoms with E-state index in [9.17, 15) is 14.4 Å². The van der Waals surface area contributed by atoms with Crippen LogP contribution in [0.25, 0.3) is 0 Å². The number of nitrogens with one attached hydrogen (secondary N) is 2. The van der Waals surface area contributed by atoms with Crippen molar-refractivity contribution in [1.29, 1.82) is 0 Å². The fraction of sp³-hybridized carbons (Fsp3) is 0.516. The maximum atomic E-state index is 14.4. The normalized spacial score (nSPS) is 14.1. The van der Waals surface area contributed by atoms with Crippen LogP contribution in [0.5, 0.6) is 0 Å². The van der Waals surface area contributed by atoms with Crippen LogP contribution in [0.2, 0.25) is 0 Å². The van der Waals surface area contributed by atoms with Crippen molar-refractivity contribution < 1.29 is 19.1 Å². The van der Waals surface area contributed by atoms with E-state index < -0.39 is 29.3 Å². The minimum atomic E-state index is -0.903. The Kier molecular flexibility index (Phi) is 10.5. The van der Waals surface area contributed by atoms with Crippen LogP contribution in [0, 0.1) is 12.8 Å². The number of hydrogen-bond donors (Lipinski definition) is 2. The molecule has 7 nitrogen and oxygen atoms in total. The number of benzene rings is 2. The predicted octanol–water partition coefficient (Wildman–Crippen LogP) is 5.92. The minimum Gasteiger partial charge on any atom is -0.444 e. The number of carbonyl (C=O) groups excluding carboxylic acids is 3. The first kappa shape index (κ1) is 30.9. The van der Waals surface area contributed by atoms with Gasteiger partial charge in [-0.3, -0.25) is 9.59 Å². The number of carbonyl (C=O) groups is 3. The third-order valence-corrected chi connectivity index (χ3v) is 6.41. The van der Waals surface area contributed by atoms with E-state index in [4.69, 9.17) is 4.74 Å². The van der Waals surface area contributed by atoms with E-state index in [0.29, 0.717) is 13.0 Å². The summed E-state index contributed by atoms with van der Waals surface area (Å²) in [6.07, 6.45) is -0.00892. The summed E-state index contributed by atoms with van der Waals surface area (Å²) in [4.78, 5) is 42.7. The van der Waals surface area contributed by atoms with Gasteiger partial charge in [-0.1, -0.05) is 74.9 Å². The van der Waals surface area contributed by atoms with Gasteiger partial charge in [-0.15, -0.1) is 0 Å². The third kappa shape index (κ3) is 8.61. The summed E-state index contributed by atoms with van der Waals surface area (Å²) < 4.78 is 5.48. The van der Waals surface area contributed by atoms with Crippen molar-refractivity contribution in [2.75, 3.05) is 0 Å². The molecule has 0 heterocycles. The van der Waals surface area contributed by atoms with Gasteiger partial charge in [-0.2, -0.15) is 0 Å². The Labute approximate surface area is 228 Å². The summed E-state index contributed by atoms with van der Waals surface area (Å²) in [6, 6.07) is 15.5. The minimum absolute atomic E-state index is 0.190.